The highest BCUT2D eigenvalue weighted by Gasteiger charge is 2.41. The van der Waals surface area contributed by atoms with Gasteiger partial charge in [-0.05, 0) is 31.9 Å². The van der Waals surface area contributed by atoms with Crippen molar-refractivity contribution in [3.63, 3.8) is 0 Å². The fourth-order valence-corrected chi connectivity index (χ4v) is 6.65. The van der Waals surface area contributed by atoms with Gasteiger partial charge in [0.05, 0.1) is 16.8 Å². The Morgan fingerprint density at radius 3 is 2.52 bits per heavy atom. The number of piperazine rings is 1. The third-order valence-corrected chi connectivity index (χ3v) is 8.97. The van der Waals surface area contributed by atoms with Crippen molar-refractivity contribution >= 4 is 33.2 Å². The van der Waals surface area contributed by atoms with E-state index >= 15 is 0 Å². The summed E-state index contributed by atoms with van der Waals surface area (Å²) in [5.41, 5.74) is 6.44. The number of rotatable bonds is 6. The predicted molar refractivity (Wildman–Crippen MR) is 128 cm³/mol. The molecule has 0 atom stereocenters. The summed E-state index contributed by atoms with van der Waals surface area (Å²) in [4.78, 5) is 22.1. The zero-order valence-corrected chi connectivity index (χ0v) is 20.4. The summed E-state index contributed by atoms with van der Waals surface area (Å²) in [5.74, 6) is 0.294. The molecule has 1 aliphatic heterocycles. The molecular weight excluding hydrogens is 464 g/mol. The standard InChI is InChI=1S/C22H31ClN6O3S/c1-16-25-14-19(27-16)33(31,32)29-12-10-28(11-13-29)22(8-3-2-4-9-22)15-26-21(30)20-17(23)6-5-7-18(20)24/h5-7,14H,2-4,8-13,15,24H2,1H3,(H,25,27)(H,26,30). The molecular formula is C22H31ClN6O3S. The summed E-state index contributed by atoms with van der Waals surface area (Å²) < 4.78 is 27.4. The number of imidazole rings is 1. The summed E-state index contributed by atoms with van der Waals surface area (Å²) in [7, 11) is -3.60. The number of nitrogens with two attached hydrogens (primary N) is 1. The zero-order chi connectivity index (χ0) is 23.6. The maximum atomic E-state index is 13.0. The van der Waals surface area contributed by atoms with Gasteiger partial charge < -0.3 is 16.0 Å². The molecule has 11 heteroatoms. The lowest BCUT2D eigenvalue weighted by Crippen LogP contribution is -2.62. The van der Waals surface area contributed by atoms with E-state index in [0.29, 0.717) is 54.8 Å². The van der Waals surface area contributed by atoms with E-state index < -0.39 is 10.0 Å². The van der Waals surface area contributed by atoms with Gasteiger partial charge in [0.2, 0.25) is 0 Å². The van der Waals surface area contributed by atoms with Gasteiger partial charge in [0.15, 0.2) is 5.03 Å². The lowest BCUT2D eigenvalue weighted by atomic mass is 9.79. The molecule has 1 aromatic heterocycles. The van der Waals surface area contributed by atoms with Crippen LogP contribution in [0.25, 0.3) is 0 Å². The maximum absolute atomic E-state index is 13.0. The van der Waals surface area contributed by atoms with Crippen LogP contribution in [0.1, 0.15) is 48.3 Å². The van der Waals surface area contributed by atoms with Gasteiger partial charge in [0.25, 0.3) is 15.9 Å². The number of hydrogen-bond donors (Lipinski definition) is 3. The molecule has 0 bridgehead atoms. The van der Waals surface area contributed by atoms with Crippen LogP contribution >= 0.6 is 11.6 Å². The molecule has 1 saturated carbocycles. The first-order chi connectivity index (χ1) is 15.7. The van der Waals surface area contributed by atoms with Gasteiger partial charge in [-0.3, -0.25) is 9.69 Å². The topological polar surface area (TPSA) is 124 Å². The van der Waals surface area contributed by atoms with Gasteiger partial charge in [0, 0.05) is 44.0 Å². The van der Waals surface area contributed by atoms with Gasteiger partial charge in [-0.2, -0.15) is 4.31 Å². The van der Waals surface area contributed by atoms with Crippen molar-refractivity contribution in [2.45, 2.75) is 49.6 Å². The molecule has 4 rings (SSSR count). The van der Waals surface area contributed by atoms with E-state index in [0.717, 1.165) is 25.7 Å². The largest absolute Gasteiger partial charge is 0.398 e. The first-order valence-corrected chi connectivity index (χ1v) is 13.1. The number of anilines is 1. The van der Waals surface area contributed by atoms with Crippen molar-refractivity contribution in [2.75, 3.05) is 38.5 Å². The number of nitrogen functional groups attached to an aromatic ring is 1. The lowest BCUT2D eigenvalue weighted by molar-refractivity contribution is 0.0240. The third kappa shape index (κ3) is 4.89. The number of aromatic amines is 1. The second-order valence-electron chi connectivity index (χ2n) is 8.90. The SMILES string of the molecule is Cc1ncc(S(=O)(=O)N2CCN(C3(CNC(=O)c4c(N)cccc4Cl)CCCCC3)CC2)[nH]1. The normalized spacial score (nSPS) is 19.9. The number of nitrogens with one attached hydrogen (secondary N) is 2. The number of H-pyrrole nitrogens is 1. The second kappa shape index (κ2) is 9.61. The number of amides is 1. The van der Waals surface area contributed by atoms with Crippen molar-refractivity contribution in [1.29, 1.82) is 0 Å². The Morgan fingerprint density at radius 1 is 1.21 bits per heavy atom. The summed E-state index contributed by atoms with van der Waals surface area (Å²) in [5, 5.41) is 3.53. The molecule has 0 spiro atoms. The van der Waals surface area contributed by atoms with E-state index in [1.165, 1.54) is 16.9 Å². The fourth-order valence-electron chi connectivity index (χ4n) is 5.00. The molecule has 33 heavy (non-hydrogen) atoms. The van der Waals surface area contributed by atoms with E-state index in [1.54, 1.807) is 25.1 Å². The second-order valence-corrected chi connectivity index (χ2v) is 11.2. The van der Waals surface area contributed by atoms with E-state index in [1.807, 2.05) is 0 Å². The number of carbonyl (C=O) groups excluding carboxylic acids is 1. The van der Waals surface area contributed by atoms with Crippen molar-refractivity contribution in [3.8, 4) is 0 Å². The molecule has 9 nitrogen and oxygen atoms in total. The van der Waals surface area contributed by atoms with Crippen LogP contribution in [0.3, 0.4) is 0 Å². The summed E-state index contributed by atoms with van der Waals surface area (Å²) in [6.45, 7) is 4.21. The minimum absolute atomic E-state index is 0.130. The Bertz CT molecular complexity index is 1080. The van der Waals surface area contributed by atoms with Crippen LogP contribution in [-0.4, -0.2) is 71.8 Å². The molecule has 1 amide bonds. The van der Waals surface area contributed by atoms with Crippen LogP contribution in [-0.2, 0) is 10.0 Å². The summed E-state index contributed by atoms with van der Waals surface area (Å²) >= 11 is 6.22. The highest BCUT2D eigenvalue weighted by atomic mass is 35.5. The Morgan fingerprint density at radius 2 is 1.91 bits per heavy atom. The molecule has 1 saturated heterocycles. The number of halogens is 1. The van der Waals surface area contributed by atoms with E-state index in [2.05, 4.69) is 20.2 Å². The zero-order valence-electron chi connectivity index (χ0n) is 18.8. The summed E-state index contributed by atoms with van der Waals surface area (Å²) in [6.07, 6.45) is 6.61. The predicted octanol–water partition coefficient (Wildman–Crippen LogP) is 2.39. The van der Waals surface area contributed by atoms with Crippen LogP contribution in [0.5, 0.6) is 0 Å². The van der Waals surface area contributed by atoms with Gasteiger partial charge in [-0.15, -0.1) is 0 Å². The van der Waals surface area contributed by atoms with Crippen molar-refractivity contribution in [1.82, 2.24) is 24.5 Å². The number of aromatic nitrogens is 2. The fraction of sp³-hybridized carbons (Fsp3) is 0.545. The molecule has 2 heterocycles. The highest BCUT2D eigenvalue weighted by Crippen LogP contribution is 2.35. The summed E-state index contributed by atoms with van der Waals surface area (Å²) in [6, 6.07) is 5.04. The van der Waals surface area contributed by atoms with Crippen molar-refractivity contribution in [3.05, 3.63) is 40.8 Å². The van der Waals surface area contributed by atoms with Gasteiger partial charge >= 0.3 is 0 Å². The number of aryl methyl sites for hydroxylation is 1. The van der Waals surface area contributed by atoms with Gasteiger partial charge in [-0.1, -0.05) is 36.9 Å². The van der Waals surface area contributed by atoms with Crippen LogP contribution in [0.4, 0.5) is 5.69 Å². The molecule has 4 N–H and O–H groups in total. The Balaban J connectivity index is 1.45. The number of sulfonamides is 1. The monoisotopic (exact) mass is 494 g/mol. The molecule has 2 aliphatic rings. The van der Waals surface area contributed by atoms with Gasteiger partial charge in [-0.25, -0.2) is 13.4 Å². The Kier molecular flexibility index (Phi) is 6.99. The van der Waals surface area contributed by atoms with Gasteiger partial charge in [0.1, 0.15) is 5.82 Å². The number of benzene rings is 1. The van der Waals surface area contributed by atoms with Crippen LogP contribution in [0.15, 0.2) is 29.4 Å². The van der Waals surface area contributed by atoms with E-state index in [9.17, 15) is 13.2 Å². The molecule has 2 fully saturated rings. The molecule has 0 unspecified atom stereocenters. The molecule has 180 valence electrons. The first kappa shape index (κ1) is 24.0. The molecule has 1 aliphatic carbocycles. The number of nitrogens with zero attached hydrogens (tertiary/aromatic N) is 3. The Hall–Kier alpha value is -2.14. The van der Waals surface area contributed by atoms with Crippen LogP contribution < -0.4 is 11.1 Å². The average molecular weight is 495 g/mol. The minimum Gasteiger partial charge on any atom is -0.398 e. The quantitative estimate of drug-likeness (QED) is 0.529. The van der Waals surface area contributed by atoms with Crippen molar-refractivity contribution in [2.24, 2.45) is 0 Å². The van der Waals surface area contributed by atoms with Crippen molar-refractivity contribution < 1.29 is 13.2 Å². The van der Waals surface area contributed by atoms with Crippen LogP contribution in [0, 0.1) is 6.92 Å². The molecule has 2 aromatic rings. The Labute approximate surface area is 199 Å². The molecule has 1 aromatic carbocycles. The number of hydrogen-bond acceptors (Lipinski definition) is 6. The average Bonchev–Trinajstić information content (AvgIpc) is 3.25. The number of carbonyl (C=O) groups is 1. The first-order valence-electron chi connectivity index (χ1n) is 11.3. The highest BCUT2D eigenvalue weighted by molar-refractivity contribution is 7.89. The smallest absolute Gasteiger partial charge is 0.260 e. The lowest BCUT2D eigenvalue weighted by Gasteiger charge is -2.49. The minimum atomic E-state index is -3.60. The molecule has 0 radical (unpaired) electrons. The maximum Gasteiger partial charge on any atom is 0.260 e. The van der Waals surface area contributed by atoms with E-state index in [-0.39, 0.29) is 16.5 Å². The van der Waals surface area contributed by atoms with E-state index in [4.69, 9.17) is 17.3 Å². The van der Waals surface area contributed by atoms with Crippen LogP contribution in [0.2, 0.25) is 5.02 Å². The third-order valence-electron chi connectivity index (χ3n) is 6.84.